The fraction of sp³-hybridized carbons (Fsp3) is 0.364. The van der Waals surface area contributed by atoms with Crippen LogP contribution in [-0.4, -0.2) is 12.3 Å². The largest absolute Gasteiger partial charge is 0.330 e. The molecule has 1 rings (SSSR count). The van der Waals surface area contributed by atoms with E-state index >= 15 is 0 Å². The topological polar surface area (TPSA) is 43.1 Å². The second kappa shape index (κ2) is 6.45. The number of unbranched alkanes of at least 4 members (excludes halogenated alkanes) is 1. The Hall–Kier alpha value is -0.280. The maximum absolute atomic E-state index is 11.8. The molecule has 88 valence electrons. The van der Waals surface area contributed by atoms with Gasteiger partial charge in [0, 0.05) is 11.4 Å². The second-order valence-corrected chi connectivity index (χ2v) is 4.66. The Morgan fingerprint density at radius 2 is 1.69 bits per heavy atom. The second-order valence-electron chi connectivity index (χ2n) is 3.41. The number of carbonyl (C=O) groups is 1. The molecule has 0 aliphatic carbocycles. The van der Waals surface area contributed by atoms with E-state index < -0.39 is 0 Å². The highest BCUT2D eigenvalue weighted by Gasteiger charge is 2.15. The summed E-state index contributed by atoms with van der Waals surface area (Å²) in [6, 6.07) is 3.04. The third kappa shape index (κ3) is 3.63. The van der Waals surface area contributed by atoms with Gasteiger partial charge in [0.25, 0.3) is 0 Å². The van der Waals surface area contributed by atoms with Crippen LogP contribution in [0.1, 0.15) is 29.6 Å². The van der Waals surface area contributed by atoms with Crippen LogP contribution in [0.4, 0.5) is 0 Å². The van der Waals surface area contributed by atoms with Crippen LogP contribution in [0.5, 0.6) is 0 Å². The van der Waals surface area contributed by atoms with E-state index in [-0.39, 0.29) is 5.78 Å². The normalized spacial score (nSPS) is 10.5. The molecule has 0 aliphatic heterocycles. The van der Waals surface area contributed by atoms with Gasteiger partial charge in [-0.3, -0.25) is 4.79 Å². The lowest BCUT2D eigenvalue weighted by Crippen LogP contribution is -2.04. The average molecular weight is 281 g/mol. The summed E-state index contributed by atoms with van der Waals surface area (Å²) >= 11 is 17.6. The smallest absolute Gasteiger partial charge is 0.165 e. The Bertz CT molecular complexity index is 370. The van der Waals surface area contributed by atoms with Gasteiger partial charge in [0.1, 0.15) is 0 Å². The summed E-state index contributed by atoms with van der Waals surface area (Å²) in [4.78, 5) is 11.8. The highest BCUT2D eigenvalue weighted by Crippen LogP contribution is 2.30. The monoisotopic (exact) mass is 279 g/mol. The van der Waals surface area contributed by atoms with E-state index in [0.29, 0.717) is 33.6 Å². The molecule has 0 spiro atoms. The molecule has 0 aliphatic rings. The van der Waals surface area contributed by atoms with Gasteiger partial charge in [0.05, 0.1) is 15.6 Å². The highest BCUT2D eigenvalue weighted by atomic mass is 35.5. The Balaban J connectivity index is 2.83. The number of hydrogen-bond acceptors (Lipinski definition) is 2. The number of rotatable bonds is 5. The maximum Gasteiger partial charge on any atom is 0.165 e. The average Bonchev–Trinajstić information content (AvgIpc) is 2.16. The summed E-state index contributed by atoms with van der Waals surface area (Å²) in [5, 5.41) is 1.03. The van der Waals surface area contributed by atoms with Crippen molar-refractivity contribution < 1.29 is 4.79 Å². The number of carbonyl (C=O) groups excluding carboxylic acids is 1. The number of nitrogens with two attached hydrogens (primary N) is 1. The predicted octanol–water partition coefficient (Wildman–Crippen LogP) is 3.96. The third-order valence-corrected chi connectivity index (χ3v) is 2.96. The molecule has 0 saturated heterocycles. The zero-order valence-corrected chi connectivity index (χ0v) is 10.9. The van der Waals surface area contributed by atoms with Gasteiger partial charge in [-0.2, -0.15) is 0 Å². The van der Waals surface area contributed by atoms with Gasteiger partial charge >= 0.3 is 0 Å². The van der Waals surface area contributed by atoms with Crippen molar-refractivity contribution >= 4 is 40.6 Å². The lowest BCUT2D eigenvalue weighted by molar-refractivity contribution is 0.0980. The Morgan fingerprint density at radius 1 is 1.12 bits per heavy atom. The van der Waals surface area contributed by atoms with Gasteiger partial charge < -0.3 is 5.73 Å². The van der Waals surface area contributed by atoms with Crippen LogP contribution < -0.4 is 5.73 Å². The molecule has 0 amide bonds. The minimum absolute atomic E-state index is 0.0693. The van der Waals surface area contributed by atoms with Gasteiger partial charge in [-0.15, -0.1) is 0 Å². The van der Waals surface area contributed by atoms with Crippen molar-refractivity contribution in [3.8, 4) is 0 Å². The molecule has 2 nitrogen and oxygen atoms in total. The molecule has 5 heteroatoms. The van der Waals surface area contributed by atoms with Crippen LogP contribution in [0.25, 0.3) is 0 Å². The van der Waals surface area contributed by atoms with Crippen LogP contribution in [-0.2, 0) is 0 Å². The van der Waals surface area contributed by atoms with Crippen molar-refractivity contribution in [1.82, 2.24) is 0 Å². The minimum Gasteiger partial charge on any atom is -0.330 e. The zero-order valence-electron chi connectivity index (χ0n) is 8.60. The fourth-order valence-corrected chi connectivity index (χ4v) is 2.39. The highest BCUT2D eigenvalue weighted by molar-refractivity contribution is 6.42. The van der Waals surface area contributed by atoms with E-state index in [1.807, 2.05) is 0 Å². The van der Waals surface area contributed by atoms with E-state index in [1.54, 1.807) is 0 Å². The van der Waals surface area contributed by atoms with Gasteiger partial charge in [0.15, 0.2) is 5.78 Å². The molecule has 1 aromatic rings. The Morgan fingerprint density at radius 3 is 2.19 bits per heavy atom. The summed E-state index contributed by atoms with van der Waals surface area (Å²) in [7, 11) is 0. The molecule has 1 aromatic carbocycles. The van der Waals surface area contributed by atoms with Crippen LogP contribution in [0.3, 0.4) is 0 Å². The summed E-state index contributed by atoms with van der Waals surface area (Å²) in [6.07, 6.45) is 1.96. The molecule has 0 heterocycles. The number of halogens is 3. The minimum atomic E-state index is -0.0693. The number of ketones is 1. The van der Waals surface area contributed by atoms with Crippen molar-refractivity contribution in [1.29, 1.82) is 0 Å². The lowest BCUT2D eigenvalue weighted by Gasteiger charge is -2.06. The van der Waals surface area contributed by atoms with Gasteiger partial charge in [0.2, 0.25) is 0 Å². The standard InChI is InChI=1S/C11H12Cl3NO/c12-7-5-8(13)11(9(14)6-7)10(16)3-1-2-4-15/h5-6H,1-4,15H2. The van der Waals surface area contributed by atoms with Crippen molar-refractivity contribution in [3.05, 3.63) is 32.8 Å². The van der Waals surface area contributed by atoms with Crippen molar-refractivity contribution in [2.45, 2.75) is 19.3 Å². The van der Waals surface area contributed by atoms with Gasteiger partial charge in [-0.05, 0) is 31.5 Å². The Kier molecular flexibility index (Phi) is 5.56. The predicted molar refractivity (Wildman–Crippen MR) is 68.7 cm³/mol. The van der Waals surface area contributed by atoms with Crippen LogP contribution in [0, 0.1) is 0 Å². The molecule has 0 aromatic heterocycles. The molecule has 0 radical (unpaired) electrons. The first-order valence-corrected chi connectivity index (χ1v) is 6.07. The zero-order chi connectivity index (χ0) is 12.1. The maximum atomic E-state index is 11.8. The lowest BCUT2D eigenvalue weighted by atomic mass is 10.1. The first-order chi connectivity index (χ1) is 7.56. The van der Waals surface area contributed by atoms with Crippen LogP contribution in [0.15, 0.2) is 12.1 Å². The summed E-state index contributed by atoms with van der Waals surface area (Å²) < 4.78 is 0. The molecule has 0 fully saturated rings. The van der Waals surface area contributed by atoms with Crippen molar-refractivity contribution in [3.63, 3.8) is 0 Å². The van der Waals surface area contributed by atoms with Crippen LogP contribution >= 0.6 is 34.8 Å². The Labute approximate surface area is 110 Å². The van der Waals surface area contributed by atoms with E-state index in [9.17, 15) is 4.79 Å². The van der Waals surface area contributed by atoms with E-state index in [2.05, 4.69) is 0 Å². The van der Waals surface area contributed by atoms with Gasteiger partial charge in [-0.1, -0.05) is 34.8 Å². The molecule has 2 N–H and O–H groups in total. The molecular formula is C11H12Cl3NO. The molecule has 0 atom stereocenters. The van der Waals surface area contributed by atoms with E-state index in [1.165, 1.54) is 12.1 Å². The molecule has 16 heavy (non-hydrogen) atoms. The molecule has 0 bridgehead atoms. The summed E-state index contributed by atoms with van der Waals surface area (Å²) in [5.74, 6) is -0.0693. The quantitative estimate of drug-likeness (QED) is 0.655. The summed E-state index contributed by atoms with van der Waals surface area (Å²) in [5.41, 5.74) is 5.70. The third-order valence-electron chi connectivity index (χ3n) is 2.14. The first kappa shape index (κ1) is 13.8. The molecular weight excluding hydrogens is 268 g/mol. The van der Waals surface area contributed by atoms with Crippen molar-refractivity contribution in [2.75, 3.05) is 6.54 Å². The SMILES string of the molecule is NCCCCC(=O)c1c(Cl)cc(Cl)cc1Cl. The number of hydrogen-bond donors (Lipinski definition) is 1. The fourth-order valence-electron chi connectivity index (χ4n) is 1.36. The van der Waals surface area contributed by atoms with E-state index in [0.717, 1.165) is 12.8 Å². The number of Topliss-reactive ketones (excluding diaryl/α,β-unsaturated/α-hetero) is 1. The molecule has 0 unspecified atom stereocenters. The number of benzene rings is 1. The molecule has 0 saturated carbocycles. The summed E-state index contributed by atoms with van der Waals surface area (Å²) in [6.45, 7) is 0.579. The first-order valence-electron chi connectivity index (χ1n) is 4.94. The van der Waals surface area contributed by atoms with Gasteiger partial charge in [-0.25, -0.2) is 0 Å². The van der Waals surface area contributed by atoms with Crippen LogP contribution in [0.2, 0.25) is 15.1 Å². The van der Waals surface area contributed by atoms with Crippen molar-refractivity contribution in [2.24, 2.45) is 5.73 Å². The van der Waals surface area contributed by atoms with E-state index in [4.69, 9.17) is 40.5 Å².